The van der Waals surface area contributed by atoms with Gasteiger partial charge in [-0.1, -0.05) is 140 Å². The van der Waals surface area contributed by atoms with Crippen molar-refractivity contribution in [2.75, 3.05) is 5.75 Å². The van der Waals surface area contributed by atoms with Crippen LogP contribution >= 0.6 is 11.8 Å². The Morgan fingerprint density at radius 1 is 0.576 bits per heavy atom. The fraction of sp³-hybridized carbons (Fsp3) is 0.0377. The fourth-order valence-electron chi connectivity index (χ4n) is 8.39. The Hall–Kier alpha value is -7.28. The predicted octanol–water partition coefficient (Wildman–Crippen LogP) is 14.2. The molecular weight excluding hydrogens is 741 g/mol. The summed E-state index contributed by atoms with van der Waals surface area (Å²) >= 11 is 1.84. The minimum absolute atomic E-state index is 0.628. The minimum atomic E-state index is 0.628. The van der Waals surface area contributed by atoms with Crippen LogP contribution in [-0.2, 0) is 0 Å². The van der Waals surface area contributed by atoms with Crippen molar-refractivity contribution in [3.05, 3.63) is 194 Å². The second-order valence-electron chi connectivity index (χ2n) is 14.7. The molecule has 4 heterocycles. The van der Waals surface area contributed by atoms with Crippen molar-refractivity contribution in [3.63, 3.8) is 0 Å². The SMILES string of the molecule is C=CC/C=C\C=C1/CSc2c1cc(-n1c3ccccc3c3c4c(ccc31)oc1ccccc14)cc2-c1nc(-c2ccccc2)nc(-c2cccc(-c3ccccc3)c2)n1. The van der Waals surface area contributed by atoms with E-state index in [-0.39, 0.29) is 0 Å². The van der Waals surface area contributed by atoms with Crippen LogP contribution in [0.5, 0.6) is 0 Å². The van der Waals surface area contributed by atoms with Gasteiger partial charge in [0.05, 0.1) is 11.0 Å². The number of furan rings is 1. The number of hydrogen-bond donors (Lipinski definition) is 0. The molecule has 59 heavy (non-hydrogen) atoms. The number of aromatic nitrogens is 4. The summed E-state index contributed by atoms with van der Waals surface area (Å²) in [6.45, 7) is 3.91. The molecule has 6 heteroatoms. The Bertz CT molecular complexity index is 3320. The van der Waals surface area contributed by atoms with E-state index in [9.17, 15) is 0 Å². The van der Waals surface area contributed by atoms with Crippen molar-refractivity contribution in [2.45, 2.75) is 11.3 Å². The van der Waals surface area contributed by atoms with E-state index in [1.807, 2.05) is 54.2 Å². The summed E-state index contributed by atoms with van der Waals surface area (Å²) in [6.07, 6.45) is 9.27. The van der Waals surface area contributed by atoms with E-state index < -0.39 is 0 Å². The summed E-state index contributed by atoms with van der Waals surface area (Å²) in [5.41, 5.74) is 12.6. The molecule has 0 aliphatic carbocycles. The molecule has 0 amide bonds. The van der Waals surface area contributed by atoms with Crippen molar-refractivity contribution in [3.8, 4) is 51.0 Å². The van der Waals surface area contributed by atoms with Crippen LogP contribution in [0.25, 0.3) is 100 Å². The molecular formula is C53H36N4OS. The van der Waals surface area contributed by atoms with Crippen molar-refractivity contribution in [1.82, 2.24) is 19.5 Å². The first-order valence-corrected chi connectivity index (χ1v) is 20.8. The molecule has 0 fully saturated rings. The highest BCUT2D eigenvalue weighted by atomic mass is 32.2. The van der Waals surface area contributed by atoms with Gasteiger partial charge in [0.15, 0.2) is 17.5 Å². The zero-order valence-electron chi connectivity index (χ0n) is 32.0. The molecule has 1 aliphatic rings. The second-order valence-corrected chi connectivity index (χ2v) is 15.7. The van der Waals surface area contributed by atoms with Gasteiger partial charge in [-0.25, -0.2) is 15.0 Å². The molecule has 7 aromatic carbocycles. The van der Waals surface area contributed by atoms with E-state index in [2.05, 4.69) is 151 Å². The minimum Gasteiger partial charge on any atom is -0.456 e. The second kappa shape index (κ2) is 14.6. The fourth-order valence-corrected chi connectivity index (χ4v) is 9.59. The molecule has 0 atom stereocenters. The monoisotopic (exact) mass is 776 g/mol. The van der Waals surface area contributed by atoms with Crippen LogP contribution in [0.15, 0.2) is 198 Å². The lowest BCUT2D eigenvalue weighted by molar-refractivity contribution is 0.669. The molecule has 280 valence electrons. The number of fused-ring (bicyclic) bond motifs is 8. The van der Waals surface area contributed by atoms with Gasteiger partial charge in [0.1, 0.15) is 11.2 Å². The zero-order chi connectivity index (χ0) is 39.3. The lowest BCUT2D eigenvalue weighted by Crippen LogP contribution is -2.03. The van der Waals surface area contributed by atoms with E-state index in [1.54, 1.807) is 0 Å². The molecule has 0 N–H and O–H groups in total. The van der Waals surface area contributed by atoms with Gasteiger partial charge in [-0.3, -0.25) is 0 Å². The number of hydrogen-bond acceptors (Lipinski definition) is 5. The van der Waals surface area contributed by atoms with Gasteiger partial charge in [-0.15, -0.1) is 18.3 Å². The quantitative estimate of drug-likeness (QED) is 0.144. The van der Waals surface area contributed by atoms with E-state index in [0.717, 1.165) is 83.5 Å². The molecule has 3 aromatic heterocycles. The highest BCUT2D eigenvalue weighted by molar-refractivity contribution is 8.00. The molecule has 10 aromatic rings. The Labute approximate surface area is 345 Å². The first-order valence-electron chi connectivity index (χ1n) is 19.8. The molecule has 1 aliphatic heterocycles. The number of allylic oxidation sites excluding steroid dienone is 4. The van der Waals surface area contributed by atoms with Crippen LogP contribution in [0.3, 0.4) is 0 Å². The maximum absolute atomic E-state index is 6.40. The average molecular weight is 777 g/mol. The predicted molar refractivity (Wildman–Crippen MR) is 246 cm³/mol. The molecule has 0 saturated heterocycles. The lowest BCUT2D eigenvalue weighted by atomic mass is 10.0. The molecule has 0 bridgehead atoms. The first-order chi connectivity index (χ1) is 29.2. The standard InChI is InChI=1S/C53H36N4OS/c1-2-3-4-7-21-38-33-59-50-42(38)31-39(57-44-26-14-12-24-40(44)48-45(57)28-29-47-49(48)41-25-13-15-27-46(41)58-47)32-43(50)53-55-51(35-19-10-6-11-20-35)54-52(56-53)37-23-16-22-36(30-37)34-17-8-5-9-18-34/h2,4-32H,1,3,33H2/b7-4-,38-21+. The molecule has 0 saturated carbocycles. The van der Waals surface area contributed by atoms with Gasteiger partial charge in [0.25, 0.3) is 0 Å². The van der Waals surface area contributed by atoms with E-state index in [4.69, 9.17) is 19.4 Å². The van der Waals surface area contributed by atoms with Crippen molar-refractivity contribution in [2.24, 2.45) is 0 Å². The van der Waals surface area contributed by atoms with Crippen molar-refractivity contribution >= 4 is 61.1 Å². The van der Waals surface area contributed by atoms with Crippen LogP contribution < -0.4 is 0 Å². The van der Waals surface area contributed by atoms with Crippen LogP contribution in [0.2, 0.25) is 0 Å². The third-order valence-corrected chi connectivity index (χ3v) is 12.3. The number of para-hydroxylation sites is 2. The van der Waals surface area contributed by atoms with Gasteiger partial charge < -0.3 is 8.98 Å². The Balaban J connectivity index is 1.18. The van der Waals surface area contributed by atoms with Gasteiger partial charge in [-0.2, -0.15) is 0 Å². The maximum atomic E-state index is 6.40. The molecule has 0 spiro atoms. The average Bonchev–Trinajstić information content (AvgIpc) is 3.99. The van der Waals surface area contributed by atoms with E-state index in [1.165, 1.54) is 21.9 Å². The molecule has 0 radical (unpaired) electrons. The lowest BCUT2D eigenvalue weighted by Gasteiger charge is -2.15. The van der Waals surface area contributed by atoms with Crippen molar-refractivity contribution < 1.29 is 4.42 Å². The Morgan fingerprint density at radius 3 is 2.08 bits per heavy atom. The van der Waals surface area contributed by atoms with E-state index in [0.29, 0.717) is 17.5 Å². The molecule has 5 nitrogen and oxygen atoms in total. The molecule has 11 rings (SSSR count). The van der Waals surface area contributed by atoms with E-state index >= 15 is 0 Å². The highest BCUT2D eigenvalue weighted by Gasteiger charge is 2.27. The summed E-state index contributed by atoms with van der Waals surface area (Å²) < 4.78 is 8.80. The van der Waals surface area contributed by atoms with Crippen LogP contribution in [-0.4, -0.2) is 25.3 Å². The van der Waals surface area contributed by atoms with Gasteiger partial charge in [0.2, 0.25) is 0 Å². The maximum Gasteiger partial charge on any atom is 0.165 e. The molecule has 0 unspecified atom stereocenters. The van der Waals surface area contributed by atoms with Gasteiger partial charge >= 0.3 is 0 Å². The van der Waals surface area contributed by atoms with Crippen molar-refractivity contribution in [1.29, 1.82) is 0 Å². The first kappa shape index (κ1) is 34.9. The topological polar surface area (TPSA) is 56.7 Å². The Kier molecular flexibility index (Phi) is 8.63. The smallest absolute Gasteiger partial charge is 0.165 e. The Morgan fingerprint density at radius 2 is 1.25 bits per heavy atom. The summed E-state index contributed by atoms with van der Waals surface area (Å²) in [4.78, 5) is 16.9. The summed E-state index contributed by atoms with van der Waals surface area (Å²) in [5, 5.41) is 4.59. The number of rotatable bonds is 8. The number of thioether (sulfide) groups is 1. The van der Waals surface area contributed by atoms with Gasteiger partial charge in [-0.05, 0) is 71.1 Å². The third-order valence-electron chi connectivity index (χ3n) is 11.1. The number of benzene rings is 7. The zero-order valence-corrected chi connectivity index (χ0v) is 32.9. The van der Waals surface area contributed by atoms with Crippen LogP contribution in [0, 0.1) is 0 Å². The summed E-state index contributed by atoms with van der Waals surface area (Å²) in [6, 6.07) is 55.1. The number of nitrogens with zero attached hydrogens (tertiary/aromatic N) is 4. The largest absolute Gasteiger partial charge is 0.456 e. The summed E-state index contributed by atoms with van der Waals surface area (Å²) in [5.74, 6) is 2.73. The normalized spacial score (nSPS) is 13.4. The van der Waals surface area contributed by atoms with Gasteiger partial charge in [0, 0.05) is 54.6 Å². The van der Waals surface area contributed by atoms with Crippen LogP contribution in [0.1, 0.15) is 12.0 Å². The van der Waals surface area contributed by atoms with Crippen LogP contribution in [0.4, 0.5) is 0 Å². The third kappa shape index (κ3) is 6.08. The summed E-state index contributed by atoms with van der Waals surface area (Å²) in [7, 11) is 0. The highest BCUT2D eigenvalue weighted by Crippen LogP contribution is 2.48.